The van der Waals surface area contributed by atoms with E-state index in [4.69, 9.17) is 4.74 Å². The molecule has 0 spiro atoms. The van der Waals surface area contributed by atoms with E-state index in [1.807, 2.05) is 30.3 Å². The molecule has 2 aromatic carbocycles. The van der Waals surface area contributed by atoms with Gasteiger partial charge >= 0.3 is 0 Å². The zero-order valence-corrected chi connectivity index (χ0v) is 20.2. The van der Waals surface area contributed by atoms with Crippen molar-refractivity contribution in [3.05, 3.63) is 60.2 Å². The number of benzene rings is 2. The molecule has 0 N–H and O–H groups in total. The number of hydrogen-bond acceptors (Lipinski definition) is 2. The predicted molar refractivity (Wildman–Crippen MR) is 136 cm³/mol. The van der Waals surface area contributed by atoms with E-state index in [2.05, 4.69) is 36.2 Å². The van der Waals surface area contributed by atoms with Crippen LogP contribution in [0.5, 0.6) is 11.5 Å². The quantitative estimate of drug-likeness (QED) is 0.479. The predicted octanol–water partition coefficient (Wildman–Crippen LogP) is 8.44. The molecule has 3 aliphatic rings. The maximum Gasteiger partial charge on any atom is 0.127 e. The molecule has 1 aliphatic heterocycles. The van der Waals surface area contributed by atoms with E-state index in [0.29, 0.717) is 0 Å². The van der Waals surface area contributed by atoms with Gasteiger partial charge in [-0.3, -0.25) is 0 Å². The minimum atomic E-state index is 0.763. The molecule has 2 aromatic rings. The number of para-hydroxylation sites is 1. The zero-order chi connectivity index (χ0) is 22.0. The van der Waals surface area contributed by atoms with Crippen LogP contribution in [0.15, 0.2) is 54.6 Å². The summed E-state index contributed by atoms with van der Waals surface area (Å²) in [4.78, 5) is 2.49. The van der Waals surface area contributed by atoms with E-state index in [-0.39, 0.29) is 0 Å². The highest BCUT2D eigenvalue weighted by Gasteiger charge is 2.26. The molecule has 0 aromatic heterocycles. The van der Waals surface area contributed by atoms with Gasteiger partial charge in [-0.2, -0.15) is 0 Å². The fourth-order valence-corrected chi connectivity index (χ4v) is 5.97. The van der Waals surface area contributed by atoms with E-state index in [9.17, 15) is 0 Å². The Bertz CT molecular complexity index is 751. The van der Waals surface area contributed by atoms with Crippen LogP contribution in [0.1, 0.15) is 88.5 Å². The van der Waals surface area contributed by atoms with Crippen molar-refractivity contribution in [1.82, 2.24) is 4.90 Å². The van der Waals surface area contributed by atoms with Crippen LogP contribution < -0.4 is 4.74 Å². The highest BCUT2D eigenvalue weighted by atomic mass is 16.5. The Hall–Kier alpha value is -1.80. The van der Waals surface area contributed by atoms with Crippen molar-refractivity contribution in [2.75, 3.05) is 20.1 Å². The number of ether oxygens (including phenoxy) is 1. The van der Waals surface area contributed by atoms with Crippen LogP contribution in [-0.4, -0.2) is 25.0 Å². The summed E-state index contributed by atoms with van der Waals surface area (Å²) in [6.07, 6.45) is 17.4. The van der Waals surface area contributed by atoms with E-state index in [1.165, 1.54) is 95.7 Å². The van der Waals surface area contributed by atoms with Crippen LogP contribution in [0.2, 0.25) is 0 Å². The second-order valence-corrected chi connectivity index (χ2v) is 10.4. The average molecular weight is 434 g/mol. The normalized spacial score (nSPS) is 21.5. The minimum Gasteiger partial charge on any atom is -0.457 e. The van der Waals surface area contributed by atoms with Crippen molar-refractivity contribution >= 4 is 0 Å². The summed E-state index contributed by atoms with van der Waals surface area (Å²) in [5.74, 6) is 4.76. The molecular weight excluding hydrogens is 390 g/mol. The Kier molecular flexibility index (Phi) is 9.08. The highest BCUT2D eigenvalue weighted by molar-refractivity contribution is 5.34. The van der Waals surface area contributed by atoms with Crippen molar-refractivity contribution in [3.63, 3.8) is 0 Å². The molecule has 0 atom stereocenters. The second kappa shape index (κ2) is 12.4. The van der Waals surface area contributed by atoms with Crippen LogP contribution >= 0.6 is 0 Å². The molecule has 1 heterocycles. The fourth-order valence-electron chi connectivity index (χ4n) is 5.97. The Balaban J connectivity index is 0.000000165. The van der Waals surface area contributed by atoms with Gasteiger partial charge < -0.3 is 9.64 Å². The largest absolute Gasteiger partial charge is 0.457 e. The zero-order valence-electron chi connectivity index (χ0n) is 20.2. The number of hydrogen-bond donors (Lipinski definition) is 0. The van der Waals surface area contributed by atoms with Gasteiger partial charge in [-0.1, -0.05) is 81.7 Å². The van der Waals surface area contributed by atoms with Gasteiger partial charge in [-0.05, 0) is 93.4 Å². The minimum absolute atomic E-state index is 0.763. The molecule has 1 saturated heterocycles. The highest BCUT2D eigenvalue weighted by Crippen LogP contribution is 2.35. The van der Waals surface area contributed by atoms with Crippen molar-refractivity contribution in [3.8, 4) is 11.5 Å². The lowest BCUT2D eigenvalue weighted by Crippen LogP contribution is -2.33. The standard InChI is InChI=1S/C18H20O.C12H23N/c1-3-7-15(8-4-1)16-11-13-18(14-12-16)19-17-9-5-2-6-10-17;1-13-9-7-12(8-10-13)11-5-3-2-4-6-11/h2,5-6,9-15H,1,3-4,7-8H2;11-12H,2-10H2,1H3. The Morgan fingerprint density at radius 3 is 1.75 bits per heavy atom. The van der Waals surface area contributed by atoms with Gasteiger partial charge in [-0.25, -0.2) is 0 Å². The molecule has 2 heteroatoms. The van der Waals surface area contributed by atoms with E-state index >= 15 is 0 Å². The summed E-state index contributed by atoms with van der Waals surface area (Å²) in [6.45, 7) is 2.70. The summed E-state index contributed by atoms with van der Waals surface area (Å²) >= 11 is 0. The smallest absolute Gasteiger partial charge is 0.127 e. The third kappa shape index (κ3) is 7.10. The van der Waals surface area contributed by atoms with E-state index in [0.717, 1.165) is 29.3 Å². The van der Waals surface area contributed by atoms with Crippen molar-refractivity contribution in [2.45, 2.75) is 83.0 Å². The molecule has 5 rings (SSSR count). The van der Waals surface area contributed by atoms with Crippen LogP contribution in [0.4, 0.5) is 0 Å². The average Bonchev–Trinajstić information content (AvgIpc) is 2.87. The lowest BCUT2D eigenvalue weighted by atomic mass is 9.76. The SMILES string of the molecule is CN1CCC(C2CCCCC2)CC1.c1ccc(Oc2ccc(C3CCCCC3)cc2)cc1. The maximum atomic E-state index is 5.82. The lowest BCUT2D eigenvalue weighted by molar-refractivity contribution is 0.145. The van der Waals surface area contributed by atoms with Crippen molar-refractivity contribution in [2.24, 2.45) is 11.8 Å². The van der Waals surface area contributed by atoms with Crippen molar-refractivity contribution < 1.29 is 4.74 Å². The van der Waals surface area contributed by atoms with Gasteiger partial charge in [0, 0.05) is 0 Å². The lowest BCUT2D eigenvalue weighted by Gasteiger charge is -2.36. The van der Waals surface area contributed by atoms with Gasteiger partial charge in [0.25, 0.3) is 0 Å². The van der Waals surface area contributed by atoms with E-state index in [1.54, 1.807) is 0 Å². The Labute approximate surface area is 196 Å². The van der Waals surface area contributed by atoms with Gasteiger partial charge in [0.15, 0.2) is 0 Å². The molecule has 0 unspecified atom stereocenters. The van der Waals surface area contributed by atoms with Gasteiger partial charge in [0.2, 0.25) is 0 Å². The molecular formula is C30H43NO. The summed E-state index contributed by atoms with van der Waals surface area (Å²) in [6, 6.07) is 18.6. The third-order valence-electron chi connectivity index (χ3n) is 8.02. The molecule has 2 saturated carbocycles. The number of nitrogens with zero attached hydrogens (tertiary/aromatic N) is 1. The van der Waals surface area contributed by atoms with Gasteiger partial charge in [0.1, 0.15) is 11.5 Å². The maximum absolute atomic E-state index is 5.82. The molecule has 0 radical (unpaired) electrons. The Morgan fingerprint density at radius 2 is 1.12 bits per heavy atom. The number of piperidine rings is 1. The van der Waals surface area contributed by atoms with Gasteiger partial charge in [-0.15, -0.1) is 0 Å². The van der Waals surface area contributed by atoms with Crippen LogP contribution in [0.3, 0.4) is 0 Å². The van der Waals surface area contributed by atoms with Crippen LogP contribution in [0, 0.1) is 11.8 Å². The molecule has 174 valence electrons. The Morgan fingerprint density at radius 1 is 0.594 bits per heavy atom. The van der Waals surface area contributed by atoms with Crippen LogP contribution in [-0.2, 0) is 0 Å². The molecule has 3 fully saturated rings. The summed E-state index contributed by atoms with van der Waals surface area (Å²) in [7, 11) is 2.26. The second-order valence-electron chi connectivity index (χ2n) is 10.4. The molecule has 2 nitrogen and oxygen atoms in total. The first-order chi connectivity index (χ1) is 15.8. The first-order valence-corrected chi connectivity index (χ1v) is 13.3. The number of rotatable bonds is 4. The first-order valence-electron chi connectivity index (χ1n) is 13.3. The van der Waals surface area contributed by atoms with Crippen molar-refractivity contribution in [1.29, 1.82) is 0 Å². The summed E-state index contributed by atoms with van der Waals surface area (Å²) in [5, 5.41) is 0. The van der Waals surface area contributed by atoms with Crippen LogP contribution in [0.25, 0.3) is 0 Å². The first kappa shape index (κ1) is 23.4. The summed E-state index contributed by atoms with van der Waals surface area (Å²) in [5.41, 5.74) is 1.47. The number of likely N-dealkylation sites (tertiary alicyclic amines) is 1. The summed E-state index contributed by atoms with van der Waals surface area (Å²) < 4.78 is 5.82. The fraction of sp³-hybridized carbons (Fsp3) is 0.600. The van der Waals surface area contributed by atoms with E-state index < -0.39 is 0 Å². The molecule has 0 bridgehead atoms. The van der Waals surface area contributed by atoms with Gasteiger partial charge in [0.05, 0.1) is 0 Å². The third-order valence-corrected chi connectivity index (χ3v) is 8.02. The monoisotopic (exact) mass is 433 g/mol. The molecule has 32 heavy (non-hydrogen) atoms. The molecule has 2 aliphatic carbocycles. The topological polar surface area (TPSA) is 12.5 Å². The molecule has 0 amide bonds.